The molecule has 1 unspecified atom stereocenters. The van der Waals surface area contributed by atoms with Gasteiger partial charge in [0.25, 0.3) is 0 Å². The number of aryl methyl sites for hydroxylation is 2. The summed E-state index contributed by atoms with van der Waals surface area (Å²) in [6.07, 6.45) is 3.87. The quantitative estimate of drug-likeness (QED) is 0.853. The van der Waals surface area contributed by atoms with Crippen LogP contribution >= 0.6 is 11.8 Å². The molecule has 1 aromatic carbocycles. The third-order valence-electron chi connectivity index (χ3n) is 3.36. The average Bonchev–Trinajstić information content (AvgIpc) is 2.79. The van der Waals surface area contributed by atoms with Gasteiger partial charge < -0.3 is 5.73 Å². The van der Waals surface area contributed by atoms with E-state index in [9.17, 15) is 0 Å². The second-order valence-electron chi connectivity index (χ2n) is 4.66. The van der Waals surface area contributed by atoms with Crippen molar-refractivity contribution in [3.8, 4) is 0 Å². The van der Waals surface area contributed by atoms with Crippen LogP contribution in [0.5, 0.6) is 0 Å². The predicted octanol–water partition coefficient (Wildman–Crippen LogP) is 2.95. The van der Waals surface area contributed by atoms with Crippen molar-refractivity contribution in [1.29, 1.82) is 0 Å². The highest BCUT2D eigenvalue weighted by atomic mass is 32.2. The second-order valence-corrected chi connectivity index (χ2v) is 5.50. The Morgan fingerprint density at radius 3 is 2.74 bits per heavy atom. The van der Waals surface area contributed by atoms with Gasteiger partial charge in [0.15, 0.2) is 0 Å². The molecule has 1 aromatic heterocycles. The summed E-state index contributed by atoms with van der Waals surface area (Å²) in [7, 11) is 1.99. The van der Waals surface area contributed by atoms with E-state index < -0.39 is 0 Å². The van der Waals surface area contributed by atoms with Gasteiger partial charge in [-0.3, -0.25) is 4.68 Å². The van der Waals surface area contributed by atoms with E-state index in [0.717, 1.165) is 18.5 Å². The number of aromatic nitrogens is 2. The van der Waals surface area contributed by atoms with Crippen molar-refractivity contribution in [2.45, 2.75) is 30.7 Å². The molecule has 1 atom stereocenters. The van der Waals surface area contributed by atoms with Gasteiger partial charge in [0.1, 0.15) is 0 Å². The Balaban J connectivity index is 2.20. The fourth-order valence-electron chi connectivity index (χ4n) is 2.24. The molecule has 19 heavy (non-hydrogen) atoms. The summed E-state index contributed by atoms with van der Waals surface area (Å²) in [5, 5.41) is 4.47. The van der Waals surface area contributed by atoms with Crippen LogP contribution in [0.4, 0.5) is 0 Å². The lowest BCUT2D eigenvalue weighted by Crippen LogP contribution is -2.16. The van der Waals surface area contributed by atoms with Crippen LogP contribution in [-0.2, 0) is 19.9 Å². The van der Waals surface area contributed by atoms with Crippen molar-refractivity contribution in [3.05, 3.63) is 47.3 Å². The van der Waals surface area contributed by atoms with E-state index in [-0.39, 0.29) is 6.04 Å². The first-order chi connectivity index (χ1) is 9.15. The molecule has 1 heterocycles. The third-order valence-corrected chi connectivity index (χ3v) is 4.17. The zero-order chi connectivity index (χ0) is 13.8. The molecule has 102 valence electrons. The Morgan fingerprint density at radius 1 is 1.37 bits per heavy atom. The van der Waals surface area contributed by atoms with Crippen LogP contribution in [0.2, 0.25) is 0 Å². The molecule has 2 N–H and O–H groups in total. The highest BCUT2D eigenvalue weighted by Gasteiger charge is 2.13. The van der Waals surface area contributed by atoms with Gasteiger partial charge in [-0.05, 0) is 30.4 Å². The van der Waals surface area contributed by atoms with Crippen LogP contribution in [-0.4, -0.2) is 16.0 Å². The molecule has 0 saturated carbocycles. The largest absolute Gasteiger partial charge is 0.324 e. The first-order valence-corrected chi connectivity index (χ1v) is 7.78. The Hall–Kier alpha value is -1.26. The number of rotatable bonds is 5. The van der Waals surface area contributed by atoms with Crippen LogP contribution in [0.15, 0.2) is 35.2 Å². The van der Waals surface area contributed by atoms with Crippen LogP contribution in [0.3, 0.4) is 0 Å². The van der Waals surface area contributed by atoms with E-state index in [2.05, 4.69) is 48.6 Å². The molecule has 2 rings (SSSR count). The highest BCUT2D eigenvalue weighted by Crippen LogP contribution is 2.26. The molecule has 0 bridgehead atoms. The maximum atomic E-state index is 6.37. The number of nitrogens with zero attached hydrogens (tertiary/aromatic N) is 2. The minimum absolute atomic E-state index is 0.0174. The lowest BCUT2D eigenvalue weighted by molar-refractivity contribution is 0.632. The Bertz CT molecular complexity index is 548. The first kappa shape index (κ1) is 14.2. The van der Waals surface area contributed by atoms with Crippen molar-refractivity contribution in [2.24, 2.45) is 12.8 Å². The standard InChI is InChI=1S/C15H21N3S/c1-4-11-9-12(18(2)17-11)10-14(16)13-7-5-6-8-15(13)19-3/h5-9,14H,4,10,16H2,1-3H3. The predicted molar refractivity (Wildman–Crippen MR) is 81.4 cm³/mol. The molecular formula is C15H21N3S. The monoisotopic (exact) mass is 275 g/mol. The van der Waals surface area contributed by atoms with Crippen LogP contribution in [0.25, 0.3) is 0 Å². The van der Waals surface area contributed by atoms with E-state index in [1.807, 2.05) is 11.7 Å². The lowest BCUT2D eigenvalue weighted by Gasteiger charge is -2.15. The summed E-state index contributed by atoms with van der Waals surface area (Å²) in [6, 6.07) is 10.5. The maximum absolute atomic E-state index is 6.37. The van der Waals surface area contributed by atoms with Gasteiger partial charge in [0.2, 0.25) is 0 Å². The summed E-state index contributed by atoms with van der Waals surface area (Å²) in [6.45, 7) is 2.12. The number of benzene rings is 1. The van der Waals surface area contributed by atoms with Gasteiger partial charge in [-0.15, -0.1) is 11.8 Å². The van der Waals surface area contributed by atoms with Crippen molar-refractivity contribution >= 4 is 11.8 Å². The summed E-state index contributed by atoms with van der Waals surface area (Å²) < 4.78 is 1.94. The minimum Gasteiger partial charge on any atom is -0.324 e. The van der Waals surface area contributed by atoms with E-state index in [0.29, 0.717) is 0 Å². The van der Waals surface area contributed by atoms with E-state index in [4.69, 9.17) is 5.73 Å². The van der Waals surface area contributed by atoms with Gasteiger partial charge in [0, 0.05) is 30.1 Å². The molecule has 0 aliphatic rings. The zero-order valence-corrected chi connectivity index (χ0v) is 12.6. The van der Waals surface area contributed by atoms with Gasteiger partial charge in [0.05, 0.1) is 5.69 Å². The molecule has 0 fully saturated rings. The lowest BCUT2D eigenvalue weighted by atomic mass is 10.0. The molecule has 0 radical (unpaired) electrons. The van der Waals surface area contributed by atoms with Gasteiger partial charge in [-0.1, -0.05) is 25.1 Å². The van der Waals surface area contributed by atoms with Crippen molar-refractivity contribution in [2.75, 3.05) is 6.26 Å². The molecule has 2 aromatic rings. The summed E-state index contributed by atoms with van der Waals surface area (Å²) in [5.41, 5.74) is 9.91. The molecule has 0 saturated heterocycles. The molecule has 4 heteroatoms. The first-order valence-electron chi connectivity index (χ1n) is 6.56. The fraction of sp³-hybridized carbons (Fsp3) is 0.400. The normalized spacial score (nSPS) is 12.6. The SMILES string of the molecule is CCc1cc(CC(N)c2ccccc2SC)n(C)n1. The van der Waals surface area contributed by atoms with Crippen LogP contribution < -0.4 is 5.73 Å². The average molecular weight is 275 g/mol. The third kappa shape index (κ3) is 3.19. The number of hydrogen-bond acceptors (Lipinski definition) is 3. The molecule has 3 nitrogen and oxygen atoms in total. The molecular weight excluding hydrogens is 254 g/mol. The van der Waals surface area contributed by atoms with Crippen molar-refractivity contribution < 1.29 is 0 Å². The number of hydrogen-bond donors (Lipinski definition) is 1. The van der Waals surface area contributed by atoms with Gasteiger partial charge in [-0.25, -0.2) is 0 Å². The Kier molecular flexibility index (Phi) is 4.66. The number of nitrogens with two attached hydrogens (primary N) is 1. The van der Waals surface area contributed by atoms with E-state index in [1.165, 1.54) is 16.2 Å². The minimum atomic E-state index is 0.0174. The Labute approximate surface area is 119 Å². The van der Waals surface area contributed by atoms with Crippen molar-refractivity contribution in [1.82, 2.24) is 9.78 Å². The fourth-order valence-corrected chi connectivity index (χ4v) is 2.91. The summed E-state index contributed by atoms with van der Waals surface area (Å²) >= 11 is 1.75. The molecule has 0 aliphatic carbocycles. The summed E-state index contributed by atoms with van der Waals surface area (Å²) in [5.74, 6) is 0. The van der Waals surface area contributed by atoms with E-state index in [1.54, 1.807) is 11.8 Å². The number of thioether (sulfide) groups is 1. The van der Waals surface area contributed by atoms with Crippen LogP contribution in [0, 0.1) is 0 Å². The topological polar surface area (TPSA) is 43.8 Å². The second kappa shape index (κ2) is 6.26. The maximum Gasteiger partial charge on any atom is 0.0624 e. The molecule has 0 aliphatic heterocycles. The molecule has 0 spiro atoms. The molecule has 0 amide bonds. The van der Waals surface area contributed by atoms with Crippen molar-refractivity contribution in [3.63, 3.8) is 0 Å². The van der Waals surface area contributed by atoms with Gasteiger partial charge >= 0.3 is 0 Å². The van der Waals surface area contributed by atoms with E-state index >= 15 is 0 Å². The zero-order valence-electron chi connectivity index (χ0n) is 11.8. The summed E-state index contributed by atoms with van der Waals surface area (Å²) in [4.78, 5) is 1.26. The smallest absolute Gasteiger partial charge is 0.0624 e. The van der Waals surface area contributed by atoms with Crippen LogP contribution in [0.1, 0.15) is 29.9 Å². The highest BCUT2D eigenvalue weighted by molar-refractivity contribution is 7.98. The van der Waals surface area contributed by atoms with Gasteiger partial charge in [-0.2, -0.15) is 5.10 Å². The Morgan fingerprint density at radius 2 is 2.11 bits per heavy atom.